The second-order valence-electron chi connectivity index (χ2n) is 7.79. The van der Waals surface area contributed by atoms with Crippen molar-refractivity contribution >= 4 is 35.0 Å². The van der Waals surface area contributed by atoms with Crippen molar-refractivity contribution in [3.63, 3.8) is 0 Å². The molecule has 6 rings (SSSR count). The molecular formula is C25H18ClFN4OS. The second kappa shape index (κ2) is 7.93. The minimum absolute atomic E-state index is 0.308. The van der Waals surface area contributed by atoms with E-state index in [4.69, 9.17) is 16.3 Å². The number of rotatable bonds is 3. The summed E-state index contributed by atoms with van der Waals surface area (Å²) < 4.78 is 23.5. The molecule has 2 aliphatic heterocycles. The van der Waals surface area contributed by atoms with Crippen molar-refractivity contribution in [1.82, 2.24) is 14.8 Å². The molecule has 0 spiro atoms. The molecule has 0 amide bonds. The lowest BCUT2D eigenvalue weighted by molar-refractivity contribution is 0.222. The maximum absolute atomic E-state index is 15.2. The SMILES string of the molecule is CSc1nc2n(n1)[C@H](c1ccccc1F)C1=C(N2)c2ccccc2O[C@@H]1c1ccc(Cl)cc1. The van der Waals surface area contributed by atoms with E-state index >= 15 is 4.39 Å². The van der Waals surface area contributed by atoms with Crippen molar-refractivity contribution in [2.75, 3.05) is 11.6 Å². The first-order chi connectivity index (χ1) is 16.1. The zero-order valence-corrected chi connectivity index (χ0v) is 19.1. The van der Waals surface area contributed by atoms with E-state index < -0.39 is 12.1 Å². The average Bonchev–Trinajstić information content (AvgIpc) is 3.26. The molecule has 0 fully saturated rings. The van der Waals surface area contributed by atoms with Gasteiger partial charge in [0, 0.05) is 21.7 Å². The molecule has 0 radical (unpaired) electrons. The molecule has 0 bridgehead atoms. The molecular weight excluding hydrogens is 459 g/mol. The van der Waals surface area contributed by atoms with Crippen LogP contribution in [0.15, 0.2) is 83.5 Å². The Morgan fingerprint density at radius 3 is 2.58 bits per heavy atom. The lowest BCUT2D eigenvalue weighted by Crippen LogP contribution is -2.32. The summed E-state index contributed by atoms with van der Waals surface area (Å²) in [5.41, 5.74) is 4.05. The largest absolute Gasteiger partial charge is 0.480 e. The molecule has 0 aliphatic carbocycles. The zero-order chi connectivity index (χ0) is 22.5. The number of thioether (sulfide) groups is 1. The van der Waals surface area contributed by atoms with E-state index in [9.17, 15) is 0 Å². The third-order valence-corrected chi connectivity index (χ3v) is 6.71. The van der Waals surface area contributed by atoms with Gasteiger partial charge in [0.2, 0.25) is 11.1 Å². The molecule has 4 aromatic rings. The number of hydrogen-bond acceptors (Lipinski definition) is 5. The number of ether oxygens (including phenoxy) is 1. The minimum Gasteiger partial charge on any atom is -0.480 e. The van der Waals surface area contributed by atoms with E-state index in [1.165, 1.54) is 17.8 Å². The van der Waals surface area contributed by atoms with Crippen molar-refractivity contribution in [2.45, 2.75) is 17.3 Å². The first-order valence-electron chi connectivity index (χ1n) is 10.4. The van der Waals surface area contributed by atoms with Crippen LogP contribution in [0.5, 0.6) is 5.75 Å². The average molecular weight is 477 g/mol. The highest BCUT2D eigenvalue weighted by atomic mass is 35.5. The normalized spacial score (nSPS) is 18.6. The van der Waals surface area contributed by atoms with Crippen LogP contribution in [-0.2, 0) is 0 Å². The number of anilines is 1. The Hall–Kier alpha value is -3.29. The summed E-state index contributed by atoms with van der Waals surface area (Å²) in [6.45, 7) is 0. The summed E-state index contributed by atoms with van der Waals surface area (Å²) in [7, 11) is 0. The van der Waals surface area contributed by atoms with E-state index in [1.54, 1.807) is 16.8 Å². The lowest BCUT2D eigenvalue weighted by atomic mass is 9.84. The van der Waals surface area contributed by atoms with Gasteiger partial charge in [0.1, 0.15) is 23.7 Å². The third-order valence-electron chi connectivity index (χ3n) is 5.92. The first kappa shape index (κ1) is 20.3. The maximum Gasteiger partial charge on any atom is 0.227 e. The smallest absolute Gasteiger partial charge is 0.227 e. The van der Waals surface area contributed by atoms with Gasteiger partial charge < -0.3 is 10.1 Å². The van der Waals surface area contributed by atoms with E-state index in [0.29, 0.717) is 21.7 Å². The first-order valence-corrected chi connectivity index (χ1v) is 12.0. The van der Waals surface area contributed by atoms with Crippen LogP contribution in [0.4, 0.5) is 10.3 Å². The van der Waals surface area contributed by atoms with Gasteiger partial charge in [-0.3, -0.25) is 0 Å². The number of halogens is 2. The summed E-state index contributed by atoms with van der Waals surface area (Å²) >= 11 is 7.60. The third kappa shape index (κ3) is 3.31. The number of nitrogens with one attached hydrogen (secondary N) is 1. The molecule has 2 atom stereocenters. The van der Waals surface area contributed by atoms with Crippen LogP contribution in [0.25, 0.3) is 5.70 Å². The molecule has 3 aromatic carbocycles. The molecule has 164 valence electrons. The van der Waals surface area contributed by atoms with Gasteiger partial charge in [0.25, 0.3) is 0 Å². The molecule has 33 heavy (non-hydrogen) atoms. The highest BCUT2D eigenvalue weighted by Crippen LogP contribution is 2.51. The Morgan fingerprint density at radius 2 is 1.79 bits per heavy atom. The highest BCUT2D eigenvalue weighted by Gasteiger charge is 2.42. The zero-order valence-electron chi connectivity index (χ0n) is 17.5. The van der Waals surface area contributed by atoms with E-state index in [0.717, 1.165) is 28.1 Å². The molecule has 1 aromatic heterocycles. The summed E-state index contributed by atoms with van der Waals surface area (Å²) in [6.07, 6.45) is 1.45. The molecule has 3 heterocycles. The standard InChI is InChI=1S/C25H18ClFN4OS/c1-33-25-29-24-28-21-17-7-3-5-9-19(17)32-23(14-10-12-15(26)13-11-14)20(21)22(31(24)30-25)16-6-2-4-8-18(16)27/h2-13,22-23H,1H3,(H,28,29,30)/t22-,23-/m1/s1. The van der Waals surface area contributed by atoms with Crippen LogP contribution in [0.1, 0.15) is 28.8 Å². The van der Waals surface area contributed by atoms with Gasteiger partial charge in [-0.15, -0.1) is 5.10 Å². The van der Waals surface area contributed by atoms with Crippen molar-refractivity contribution in [2.24, 2.45) is 0 Å². The van der Waals surface area contributed by atoms with Gasteiger partial charge in [0.15, 0.2) is 0 Å². The maximum atomic E-state index is 15.2. The number of aromatic nitrogens is 3. The Bertz CT molecular complexity index is 1400. The van der Waals surface area contributed by atoms with E-state index in [1.807, 2.05) is 60.9 Å². The van der Waals surface area contributed by atoms with Gasteiger partial charge in [-0.1, -0.05) is 65.8 Å². The van der Waals surface area contributed by atoms with Crippen molar-refractivity contribution in [3.05, 3.63) is 106 Å². The summed E-state index contributed by atoms with van der Waals surface area (Å²) in [6, 6.07) is 21.6. The van der Waals surface area contributed by atoms with Crippen LogP contribution in [0, 0.1) is 5.82 Å². The Labute approximate surface area is 199 Å². The van der Waals surface area contributed by atoms with Crippen molar-refractivity contribution < 1.29 is 9.13 Å². The predicted molar refractivity (Wildman–Crippen MR) is 128 cm³/mol. The quantitative estimate of drug-likeness (QED) is 0.349. The van der Waals surface area contributed by atoms with E-state index in [-0.39, 0.29) is 5.82 Å². The molecule has 2 aliphatic rings. The molecule has 0 saturated carbocycles. The van der Waals surface area contributed by atoms with Gasteiger partial charge >= 0.3 is 0 Å². The lowest BCUT2D eigenvalue weighted by Gasteiger charge is -2.39. The molecule has 5 nitrogen and oxygen atoms in total. The van der Waals surface area contributed by atoms with Crippen LogP contribution in [-0.4, -0.2) is 21.0 Å². The van der Waals surface area contributed by atoms with Crippen LogP contribution in [0.3, 0.4) is 0 Å². The Balaban J connectivity index is 1.65. The van der Waals surface area contributed by atoms with Gasteiger partial charge in [-0.25, -0.2) is 9.07 Å². The number of benzene rings is 3. The topological polar surface area (TPSA) is 52.0 Å². The Morgan fingerprint density at radius 1 is 1.03 bits per heavy atom. The Kier molecular flexibility index (Phi) is 4.89. The highest BCUT2D eigenvalue weighted by molar-refractivity contribution is 7.98. The molecule has 8 heteroatoms. The minimum atomic E-state index is -0.542. The van der Waals surface area contributed by atoms with Gasteiger partial charge in [0.05, 0.1) is 5.70 Å². The van der Waals surface area contributed by atoms with Crippen molar-refractivity contribution in [1.29, 1.82) is 0 Å². The molecule has 1 N–H and O–H groups in total. The number of fused-ring (bicyclic) bond motifs is 3. The molecule has 0 unspecified atom stereocenters. The fourth-order valence-electron chi connectivity index (χ4n) is 4.45. The van der Waals surface area contributed by atoms with Crippen LogP contribution < -0.4 is 10.1 Å². The monoisotopic (exact) mass is 476 g/mol. The van der Waals surface area contributed by atoms with Crippen LogP contribution in [0.2, 0.25) is 5.02 Å². The fraction of sp³-hybridized carbons (Fsp3) is 0.120. The summed E-state index contributed by atoms with van der Waals surface area (Å²) in [5, 5.41) is 9.40. The second-order valence-corrected chi connectivity index (χ2v) is 9.00. The number of para-hydroxylation sites is 1. The fourth-order valence-corrected chi connectivity index (χ4v) is 4.93. The van der Waals surface area contributed by atoms with Gasteiger partial charge in [-0.05, 0) is 42.2 Å². The summed E-state index contributed by atoms with van der Waals surface area (Å²) in [5.74, 6) is 1.00. The van der Waals surface area contributed by atoms with Crippen LogP contribution >= 0.6 is 23.4 Å². The molecule has 0 saturated heterocycles. The number of nitrogens with zero attached hydrogens (tertiary/aromatic N) is 3. The van der Waals surface area contributed by atoms with Crippen molar-refractivity contribution in [3.8, 4) is 5.75 Å². The van der Waals surface area contributed by atoms with E-state index in [2.05, 4.69) is 15.4 Å². The summed E-state index contributed by atoms with van der Waals surface area (Å²) in [4.78, 5) is 4.64. The number of hydrogen-bond donors (Lipinski definition) is 1. The van der Waals surface area contributed by atoms with Gasteiger partial charge in [-0.2, -0.15) is 4.98 Å². The predicted octanol–water partition coefficient (Wildman–Crippen LogP) is 6.35.